The molecular weight excluding hydrogens is 256 g/mol. The largest absolute Gasteiger partial charge is 0.338 e. The smallest absolute Gasteiger partial charge is 0.264 e. The van der Waals surface area contributed by atoms with Crippen LogP contribution in [0, 0.1) is 5.92 Å². The molecule has 1 saturated carbocycles. The Morgan fingerprint density at radius 3 is 3.05 bits per heavy atom. The van der Waals surface area contributed by atoms with Gasteiger partial charge in [-0.15, -0.1) is 11.3 Å². The van der Waals surface area contributed by atoms with Gasteiger partial charge in [0.05, 0.1) is 4.88 Å². The van der Waals surface area contributed by atoms with E-state index in [9.17, 15) is 4.79 Å². The normalized spacial score (nSPS) is 23.6. The van der Waals surface area contributed by atoms with Crippen LogP contribution in [-0.2, 0) is 0 Å². The van der Waals surface area contributed by atoms with Gasteiger partial charge in [-0.1, -0.05) is 0 Å². The van der Waals surface area contributed by atoms with Crippen molar-refractivity contribution in [2.45, 2.75) is 31.6 Å². The lowest BCUT2D eigenvalue weighted by Crippen LogP contribution is -2.42. The minimum atomic E-state index is 0.276. The van der Waals surface area contributed by atoms with E-state index in [1.807, 2.05) is 7.05 Å². The molecule has 0 bridgehead atoms. The molecule has 0 spiro atoms. The molecule has 1 saturated heterocycles. The van der Waals surface area contributed by atoms with Crippen molar-refractivity contribution in [1.29, 1.82) is 0 Å². The van der Waals surface area contributed by atoms with Crippen LogP contribution in [0.2, 0.25) is 0 Å². The van der Waals surface area contributed by atoms with Gasteiger partial charge in [-0.25, -0.2) is 0 Å². The fourth-order valence-corrected chi connectivity index (χ4v) is 4.01. The van der Waals surface area contributed by atoms with E-state index in [1.54, 1.807) is 11.3 Å². The van der Waals surface area contributed by atoms with Gasteiger partial charge in [0.1, 0.15) is 0 Å². The number of carbonyl (C=O) groups is 1. The quantitative estimate of drug-likeness (QED) is 0.918. The molecule has 1 unspecified atom stereocenters. The van der Waals surface area contributed by atoms with Crippen molar-refractivity contribution in [2.24, 2.45) is 5.92 Å². The molecule has 1 aliphatic heterocycles. The summed E-state index contributed by atoms with van der Waals surface area (Å²) >= 11 is 1.63. The number of nitrogens with zero attached hydrogens (tertiary/aromatic N) is 1. The molecule has 1 amide bonds. The summed E-state index contributed by atoms with van der Waals surface area (Å²) in [6.45, 7) is 2.87. The van der Waals surface area contributed by atoms with Crippen LogP contribution < -0.4 is 5.32 Å². The number of thiophene rings is 1. The average Bonchev–Trinajstić information content (AvgIpc) is 3.16. The summed E-state index contributed by atoms with van der Waals surface area (Å²) in [5.41, 5.74) is 1.31. The molecule has 2 heterocycles. The Morgan fingerprint density at radius 2 is 2.32 bits per heavy atom. The topological polar surface area (TPSA) is 32.3 Å². The number of likely N-dealkylation sites (tertiary alicyclic amines) is 1. The third-order valence-corrected chi connectivity index (χ3v) is 5.12. The van der Waals surface area contributed by atoms with Crippen LogP contribution in [0.5, 0.6) is 0 Å². The van der Waals surface area contributed by atoms with Crippen molar-refractivity contribution in [2.75, 3.05) is 26.7 Å². The lowest BCUT2D eigenvalue weighted by atomic mass is 9.97. The van der Waals surface area contributed by atoms with Crippen molar-refractivity contribution >= 4 is 17.2 Å². The van der Waals surface area contributed by atoms with E-state index < -0.39 is 0 Å². The molecule has 3 rings (SSSR count). The van der Waals surface area contributed by atoms with Crippen LogP contribution in [0.25, 0.3) is 0 Å². The molecule has 1 aromatic heterocycles. The Hall–Kier alpha value is -0.870. The summed E-state index contributed by atoms with van der Waals surface area (Å²) in [6.07, 6.45) is 4.91. The molecule has 0 aromatic carbocycles. The van der Waals surface area contributed by atoms with Gasteiger partial charge < -0.3 is 10.2 Å². The van der Waals surface area contributed by atoms with Gasteiger partial charge in [-0.3, -0.25) is 4.79 Å². The monoisotopic (exact) mass is 278 g/mol. The van der Waals surface area contributed by atoms with E-state index in [2.05, 4.69) is 21.7 Å². The van der Waals surface area contributed by atoms with E-state index in [4.69, 9.17) is 0 Å². The van der Waals surface area contributed by atoms with Gasteiger partial charge in [0.15, 0.2) is 0 Å². The zero-order chi connectivity index (χ0) is 13.2. The number of piperidine rings is 1. The zero-order valence-corrected chi connectivity index (χ0v) is 12.3. The maximum Gasteiger partial charge on any atom is 0.264 e. The van der Waals surface area contributed by atoms with E-state index in [-0.39, 0.29) is 5.91 Å². The number of rotatable bonds is 4. The fraction of sp³-hybridized carbons (Fsp3) is 0.667. The minimum absolute atomic E-state index is 0.276. The summed E-state index contributed by atoms with van der Waals surface area (Å²) < 4.78 is 0. The van der Waals surface area contributed by atoms with Crippen LogP contribution >= 0.6 is 11.3 Å². The molecule has 104 valence electrons. The van der Waals surface area contributed by atoms with Crippen LogP contribution in [0.1, 0.15) is 46.8 Å². The molecule has 1 atom stereocenters. The Bertz CT molecular complexity index is 451. The summed E-state index contributed by atoms with van der Waals surface area (Å²) in [7, 11) is 1.99. The first kappa shape index (κ1) is 13.1. The Kier molecular flexibility index (Phi) is 3.89. The predicted octanol–water partition coefficient (Wildman–Crippen LogP) is 2.70. The number of carbonyl (C=O) groups excluding carboxylic acids is 1. The zero-order valence-electron chi connectivity index (χ0n) is 11.5. The number of nitrogens with one attached hydrogen (secondary N) is 1. The number of hydrogen-bond acceptors (Lipinski definition) is 3. The van der Waals surface area contributed by atoms with E-state index >= 15 is 0 Å². The van der Waals surface area contributed by atoms with E-state index in [0.29, 0.717) is 11.8 Å². The third-order valence-electron chi connectivity index (χ3n) is 4.21. The second kappa shape index (κ2) is 5.63. The first-order valence-corrected chi connectivity index (χ1v) is 8.19. The Labute approximate surface area is 119 Å². The second-order valence-corrected chi connectivity index (χ2v) is 6.71. The summed E-state index contributed by atoms with van der Waals surface area (Å²) in [6, 6.07) is 2.16. The van der Waals surface area contributed by atoms with Gasteiger partial charge in [0.25, 0.3) is 5.91 Å². The molecular formula is C15H22N2OS. The third kappa shape index (κ3) is 2.84. The summed E-state index contributed by atoms with van der Waals surface area (Å²) in [4.78, 5) is 15.8. The number of hydrogen-bond donors (Lipinski definition) is 1. The molecule has 2 fully saturated rings. The summed E-state index contributed by atoms with van der Waals surface area (Å²) in [5, 5.41) is 5.32. The Balaban J connectivity index is 1.70. The van der Waals surface area contributed by atoms with Crippen molar-refractivity contribution < 1.29 is 4.79 Å². The highest BCUT2D eigenvalue weighted by molar-refractivity contribution is 7.12. The molecule has 1 aromatic rings. The maximum atomic E-state index is 12.7. The van der Waals surface area contributed by atoms with Gasteiger partial charge in [0, 0.05) is 13.1 Å². The number of amides is 1. The molecule has 0 radical (unpaired) electrons. The van der Waals surface area contributed by atoms with Crippen LogP contribution in [0.4, 0.5) is 0 Å². The Morgan fingerprint density at radius 1 is 1.47 bits per heavy atom. The van der Waals surface area contributed by atoms with Crippen molar-refractivity contribution in [3.05, 3.63) is 21.9 Å². The highest BCUT2D eigenvalue weighted by Gasteiger charge is 2.32. The van der Waals surface area contributed by atoms with Crippen LogP contribution in [0.15, 0.2) is 11.4 Å². The predicted molar refractivity (Wildman–Crippen MR) is 78.8 cm³/mol. The molecule has 1 N–H and O–H groups in total. The lowest BCUT2D eigenvalue weighted by molar-refractivity contribution is 0.0678. The van der Waals surface area contributed by atoms with Gasteiger partial charge in [0.2, 0.25) is 0 Å². The molecule has 3 nitrogen and oxygen atoms in total. The van der Waals surface area contributed by atoms with Crippen molar-refractivity contribution in [3.8, 4) is 0 Å². The molecule has 1 aliphatic carbocycles. The molecule has 2 aliphatic rings. The lowest BCUT2D eigenvalue weighted by Gasteiger charge is -2.32. The maximum absolute atomic E-state index is 12.7. The van der Waals surface area contributed by atoms with Gasteiger partial charge >= 0.3 is 0 Å². The highest BCUT2D eigenvalue weighted by Crippen LogP contribution is 2.43. The first-order chi connectivity index (χ1) is 9.29. The van der Waals surface area contributed by atoms with Crippen LogP contribution in [0.3, 0.4) is 0 Å². The van der Waals surface area contributed by atoms with Gasteiger partial charge in [-0.05, 0) is 68.1 Å². The molecule has 19 heavy (non-hydrogen) atoms. The average molecular weight is 278 g/mol. The standard InChI is InChI=1S/C15H22N2OS/c1-16-9-11-3-2-7-17(10-11)15(18)14-13(6-8-19-14)12-4-5-12/h6,8,11-12,16H,2-5,7,9-10H2,1H3. The first-order valence-electron chi connectivity index (χ1n) is 7.31. The highest BCUT2D eigenvalue weighted by atomic mass is 32.1. The van der Waals surface area contributed by atoms with Crippen molar-refractivity contribution in [3.63, 3.8) is 0 Å². The molecule has 4 heteroatoms. The summed E-state index contributed by atoms with van der Waals surface area (Å²) in [5.74, 6) is 1.56. The fourth-order valence-electron chi connectivity index (χ4n) is 3.06. The SMILES string of the molecule is CNCC1CCCN(C(=O)c2sccc2C2CC2)C1. The minimum Gasteiger partial charge on any atom is -0.338 e. The van der Waals surface area contributed by atoms with Crippen molar-refractivity contribution in [1.82, 2.24) is 10.2 Å². The van der Waals surface area contributed by atoms with Gasteiger partial charge in [-0.2, -0.15) is 0 Å². The van der Waals surface area contributed by atoms with E-state index in [1.165, 1.54) is 24.8 Å². The second-order valence-electron chi connectivity index (χ2n) is 5.80. The van der Waals surface area contributed by atoms with Crippen LogP contribution in [-0.4, -0.2) is 37.5 Å². The van der Waals surface area contributed by atoms with E-state index in [0.717, 1.165) is 30.9 Å².